The van der Waals surface area contributed by atoms with Crippen LogP contribution in [0.2, 0.25) is 0 Å². The van der Waals surface area contributed by atoms with Crippen LogP contribution >= 0.6 is 0 Å². The highest BCUT2D eigenvalue weighted by atomic mass is 32.2. The van der Waals surface area contributed by atoms with Gasteiger partial charge in [0.1, 0.15) is 0 Å². The largest absolute Gasteiger partial charge is 0.467 e. The number of rotatable bonds is 2. The highest BCUT2D eigenvalue weighted by Gasteiger charge is 2.38. The Morgan fingerprint density at radius 3 is 2.61 bits per heavy atom. The lowest BCUT2D eigenvalue weighted by atomic mass is 10.1. The zero-order valence-corrected chi connectivity index (χ0v) is 10.7. The molecule has 1 atom stereocenters. The average molecular weight is 268 g/mol. The van der Waals surface area contributed by atoms with Gasteiger partial charge in [0.15, 0.2) is 6.10 Å². The van der Waals surface area contributed by atoms with Crippen molar-refractivity contribution in [2.45, 2.75) is 17.9 Å². The molecule has 0 saturated heterocycles. The SMILES string of the molecule is COC(=O)C(O)C1=Cc2c(C)cccc2S1(=O)=O. The summed E-state index contributed by atoms with van der Waals surface area (Å²) in [7, 11) is -2.72. The van der Waals surface area contributed by atoms with Gasteiger partial charge in [-0.25, -0.2) is 13.2 Å². The molecule has 0 fully saturated rings. The molecule has 1 aromatic rings. The number of aliphatic hydroxyl groups is 1. The van der Waals surface area contributed by atoms with E-state index in [0.717, 1.165) is 12.7 Å². The molecule has 0 amide bonds. The van der Waals surface area contributed by atoms with Crippen LogP contribution in [0.25, 0.3) is 6.08 Å². The van der Waals surface area contributed by atoms with E-state index < -0.39 is 21.9 Å². The summed E-state index contributed by atoms with van der Waals surface area (Å²) in [6.45, 7) is 1.76. The van der Waals surface area contributed by atoms with Crippen LogP contribution in [-0.2, 0) is 19.4 Å². The highest BCUT2D eigenvalue weighted by molar-refractivity contribution is 7.96. The molecule has 1 N–H and O–H groups in total. The third-order valence-electron chi connectivity index (χ3n) is 2.86. The van der Waals surface area contributed by atoms with E-state index in [-0.39, 0.29) is 9.80 Å². The molecule has 0 radical (unpaired) electrons. The normalized spacial score (nSPS) is 17.8. The van der Waals surface area contributed by atoms with Crippen LogP contribution in [0.1, 0.15) is 11.1 Å². The second-order valence-electron chi connectivity index (χ2n) is 3.96. The Labute approximate surface area is 105 Å². The van der Waals surface area contributed by atoms with E-state index >= 15 is 0 Å². The van der Waals surface area contributed by atoms with Crippen LogP contribution in [0.4, 0.5) is 0 Å². The first-order chi connectivity index (χ1) is 8.39. The summed E-state index contributed by atoms with van der Waals surface area (Å²) in [6.07, 6.45) is -0.464. The summed E-state index contributed by atoms with van der Waals surface area (Å²) in [4.78, 5) is 11.0. The summed E-state index contributed by atoms with van der Waals surface area (Å²) in [6, 6.07) is 4.83. The number of sulfone groups is 1. The standard InChI is InChI=1S/C12H12O5S/c1-7-4-3-5-9-8(7)6-10(18(9,15)16)11(13)12(14)17-2/h3-6,11,13H,1-2H3. The number of methoxy groups -OCH3 is 1. The second kappa shape index (κ2) is 4.22. The minimum Gasteiger partial charge on any atom is -0.467 e. The summed E-state index contributed by atoms with van der Waals surface area (Å²) in [5.41, 5.74) is 1.28. The average Bonchev–Trinajstić information content (AvgIpc) is 2.61. The Kier molecular flexibility index (Phi) is 3.00. The number of carbonyl (C=O) groups excluding carboxylic acids is 1. The quantitative estimate of drug-likeness (QED) is 0.797. The fourth-order valence-corrected chi connectivity index (χ4v) is 3.56. The smallest absolute Gasteiger partial charge is 0.340 e. The van der Waals surface area contributed by atoms with E-state index in [4.69, 9.17) is 0 Å². The predicted octanol–water partition coefficient (Wildman–Crippen LogP) is 0.657. The monoisotopic (exact) mass is 268 g/mol. The van der Waals surface area contributed by atoms with E-state index in [1.54, 1.807) is 19.1 Å². The number of hydrogen-bond acceptors (Lipinski definition) is 5. The molecular formula is C12H12O5S. The van der Waals surface area contributed by atoms with Crippen molar-refractivity contribution in [1.29, 1.82) is 0 Å². The fraction of sp³-hybridized carbons (Fsp3) is 0.250. The van der Waals surface area contributed by atoms with Crippen LogP contribution < -0.4 is 0 Å². The van der Waals surface area contributed by atoms with Gasteiger partial charge in [-0.1, -0.05) is 12.1 Å². The highest BCUT2D eigenvalue weighted by Crippen LogP contribution is 2.36. The van der Waals surface area contributed by atoms with Crippen LogP contribution in [-0.4, -0.2) is 32.7 Å². The summed E-state index contributed by atoms with van der Waals surface area (Å²) < 4.78 is 28.7. The summed E-state index contributed by atoms with van der Waals surface area (Å²) in [5.74, 6) is -0.990. The third kappa shape index (κ3) is 1.74. The topological polar surface area (TPSA) is 80.7 Å². The van der Waals surface area contributed by atoms with Crippen LogP contribution in [0.3, 0.4) is 0 Å². The minimum atomic E-state index is -3.81. The Morgan fingerprint density at radius 1 is 1.39 bits per heavy atom. The molecule has 5 nitrogen and oxygen atoms in total. The number of carbonyl (C=O) groups is 1. The molecular weight excluding hydrogens is 256 g/mol. The maximum absolute atomic E-state index is 12.2. The molecule has 0 aromatic heterocycles. The second-order valence-corrected chi connectivity index (χ2v) is 5.88. The molecule has 2 rings (SSSR count). The first kappa shape index (κ1) is 12.8. The minimum absolute atomic E-state index is 0.112. The lowest BCUT2D eigenvalue weighted by molar-refractivity contribution is -0.147. The number of aryl methyl sites for hydroxylation is 1. The Morgan fingerprint density at radius 2 is 2.06 bits per heavy atom. The van der Waals surface area contributed by atoms with Gasteiger partial charge in [0.25, 0.3) is 0 Å². The molecule has 1 heterocycles. The van der Waals surface area contributed by atoms with Gasteiger partial charge in [-0.2, -0.15) is 0 Å². The van der Waals surface area contributed by atoms with Gasteiger partial charge in [0.05, 0.1) is 16.9 Å². The van der Waals surface area contributed by atoms with E-state index in [2.05, 4.69) is 4.74 Å². The number of benzene rings is 1. The van der Waals surface area contributed by atoms with Gasteiger partial charge in [-0.15, -0.1) is 0 Å². The van der Waals surface area contributed by atoms with E-state index in [1.807, 2.05) is 0 Å². The van der Waals surface area contributed by atoms with Crippen molar-refractivity contribution in [3.05, 3.63) is 34.2 Å². The summed E-state index contributed by atoms with van der Waals surface area (Å²) in [5, 5.41) is 9.69. The van der Waals surface area contributed by atoms with Crippen molar-refractivity contribution in [2.24, 2.45) is 0 Å². The van der Waals surface area contributed by atoms with Gasteiger partial charge < -0.3 is 9.84 Å². The Bertz CT molecular complexity index is 642. The van der Waals surface area contributed by atoms with E-state index in [0.29, 0.717) is 5.56 Å². The molecule has 0 bridgehead atoms. The van der Waals surface area contributed by atoms with Crippen molar-refractivity contribution in [1.82, 2.24) is 0 Å². The van der Waals surface area contributed by atoms with Crippen molar-refractivity contribution < 1.29 is 23.1 Å². The molecule has 1 aromatic carbocycles. The molecule has 6 heteroatoms. The van der Waals surface area contributed by atoms with Gasteiger partial charge in [-0.3, -0.25) is 0 Å². The number of esters is 1. The number of hydrogen-bond donors (Lipinski definition) is 1. The first-order valence-electron chi connectivity index (χ1n) is 5.21. The van der Waals surface area contributed by atoms with Crippen molar-refractivity contribution in [3.63, 3.8) is 0 Å². The maximum Gasteiger partial charge on any atom is 0.340 e. The van der Waals surface area contributed by atoms with Crippen LogP contribution in [0.5, 0.6) is 0 Å². The number of fused-ring (bicyclic) bond motifs is 1. The number of aliphatic hydroxyl groups excluding tert-OH is 1. The van der Waals surface area contributed by atoms with Crippen molar-refractivity contribution >= 4 is 21.9 Å². The molecule has 1 aliphatic heterocycles. The first-order valence-corrected chi connectivity index (χ1v) is 6.70. The zero-order chi connectivity index (χ0) is 13.5. The third-order valence-corrected chi connectivity index (χ3v) is 4.76. The van der Waals surface area contributed by atoms with Gasteiger partial charge in [-0.05, 0) is 30.2 Å². The zero-order valence-electron chi connectivity index (χ0n) is 9.88. The summed E-state index contributed by atoms with van der Waals surface area (Å²) >= 11 is 0. The predicted molar refractivity (Wildman–Crippen MR) is 64.4 cm³/mol. The van der Waals surface area contributed by atoms with E-state index in [9.17, 15) is 18.3 Å². The molecule has 1 aliphatic rings. The van der Waals surface area contributed by atoms with Crippen molar-refractivity contribution in [3.8, 4) is 0 Å². The van der Waals surface area contributed by atoms with Gasteiger partial charge in [0, 0.05) is 0 Å². The molecule has 0 saturated carbocycles. The molecule has 1 unspecified atom stereocenters. The Balaban J connectivity index is 2.59. The van der Waals surface area contributed by atoms with Gasteiger partial charge in [0.2, 0.25) is 9.84 Å². The lowest BCUT2D eigenvalue weighted by Gasteiger charge is -2.09. The van der Waals surface area contributed by atoms with Gasteiger partial charge >= 0.3 is 5.97 Å². The molecule has 18 heavy (non-hydrogen) atoms. The lowest BCUT2D eigenvalue weighted by Crippen LogP contribution is -2.26. The molecule has 0 aliphatic carbocycles. The van der Waals surface area contributed by atoms with Crippen LogP contribution in [0.15, 0.2) is 28.0 Å². The fourth-order valence-electron chi connectivity index (χ4n) is 1.87. The van der Waals surface area contributed by atoms with E-state index in [1.165, 1.54) is 12.1 Å². The van der Waals surface area contributed by atoms with Crippen molar-refractivity contribution in [2.75, 3.05) is 7.11 Å². The van der Waals surface area contributed by atoms with Crippen LogP contribution in [0, 0.1) is 6.92 Å². The maximum atomic E-state index is 12.2. The number of ether oxygens (including phenoxy) is 1. The Hall–Kier alpha value is -1.66. The molecule has 0 spiro atoms. The molecule has 96 valence electrons.